The summed E-state index contributed by atoms with van der Waals surface area (Å²) in [6.07, 6.45) is 1.48. The van der Waals surface area contributed by atoms with Gasteiger partial charge in [0.25, 0.3) is 0 Å². The molecule has 1 N–H and O–H groups in total. The molecular weight excluding hydrogens is 188 g/mol. The predicted molar refractivity (Wildman–Crippen MR) is 60.9 cm³/mol. The maximum atomic E-state index is 10.4. The first-order valence-electron chi connectivity index (χ1n) is 5.17. The number of hydrogen-bond donors (Lipinski definition) is 1. The Bertz CT molecular complexity index is 333. The van der Waals surface area contributed by atoms with Crippen molar-refractivity contribution in [1.29, 1.82) is 0 Å². The lowest BCUT2D eigenvalue weighted by Gasteiger charge is -2.22. The van der Waals surface area contributed by atoms with Crippen molar-refractivity contribution in [3.05, 3.63) is 34.9 Å². The zero-order valence-corrected chi connectivity index (χ0v) is 9.58. The summed E-state index contributed by atoms with van der Waals surface area (Å²) in [7, 11) is 0. The summed E-state index contributed by atoms with van der Waals surface area (Å²) in [4.78, 5) is 10.4. The molecule has 0 aromatic heterocycles. The summed E-state index contributed by atoms with van der Waals surface area (Å²) >= 11 is 0. The molecule has 2 nitrogen and oxygen atoms in total. The lowest BCUT2D eigenvalue weighted by Crippen LogP contribution is -2.28. The van der Waals surface area contributed by atoms with Gasteiger partial charge in [0.2, 0.25) is 0 Å². The van der Waals surface area contributed by atoms with Gasteiger partial charge in [-0.25, -0.2) is 0 Å². The zero-order valence-electron chi connectivity index (χ0n) is 9.58. The number of carbonyl (C=O) groups excluding carboxylic acids is 1. The van der Waals surface area contributed by atoms with Gasteiger partial charge in [-0.05, 0) is 37.5 Å². The highest BCUT2D eigenvalue weighted by molar-refractivity contribution is 5.51. The van der Waals surface area contributed by atoms with E-state index in [1.54, 1.807) is 6.92 Å². The molecule has 1 aromatic carbocycles. The molecule has 0 aliphatic heterocycles. The maximum absolute atomic E-state index is 10.4. The number of hydrogen-bond acceptors (Lipinski definition) is 2. The molecule has 0 heterocycles. The summed E-state index contributed by atoms with van der Waals surface area (Å²) in [5.74, 6) is 0. The molecule has 0 radical (unpaired) electrons. The van der Waals surface area contributed by atoms with Crippen LogP contribution in [0.25, 0.3) is 0 Å². The number of benzene rings is 1. The lowest BCUT2D eigenvalue weighted by molar-refractivity contribution is -0.111. The fraction of sp³-hybridized carbons (Fsp3) is 0.462. The van der Waals surface area contributed by atoms with E-state index < -0.39 is 5.60 Å². The van der Waals surface area contributed by atoms with Crippen LogP contribution in [0.3, 0.4) is 0 Å². The normalized spacial score (nSPS) is 14.7. The second kappa shape index (κ2) is 4.58. The Kier molecular flexibility index (Phi) is 3.64. The molecule has 0 fully saturated rings. The van der Waals surface area contributed by atoms with E-state index in [0.717, 1.165) is 11.8 Å². The largest absolute Gasteiger partial charge is 0.389 e. The minimum atomic E-state index is -0.932. The van der Waals surface area contributed by atoms with E-state index in [9.17, 15) is 9.90 Å². The summed E-state index contributed by atoms with van der Waals surface area (Å²) in [6.45, 7) is 5.76. The Balaban J connectivity index is 2.93. The second-order valence-electron chi connectivity index (χ2n) is 4.41. The molecule has 0 saturated heterocycles. The van der Waals surface area contributed by atoms with Gasteiger partial charge < -0.3 is 9.90 Å². The van der Waals surface area contributed by atoms with Crippen LogP contribution in [-0.2, 0) is 11.2 Å². The molecule has 0 aliphatic carbocycles. The number of carbonyl (C=O) groups is 1. The van der Waals surface area contributed by atoms with Crippen LogP contribution in [0.4, 0.5) is 0 Å². The first-order valence-corrected chi connectivity index (χ1v) is 5.17. The Hall–Kier alpha value is -1.15. The molecule has 15 heavy (non-hydrogen) atoms. The highest BCUT2D eigenvalue weighted by Crippen LogP contribution is 2.21. The molecule has 1 atom stereocenters. The quantitative estimate of drug-likeness (QED) is 0.767. The molecule has 1 unspecified atom stereocenters. The van der Waals surface area contributed by atoms with E-state index >= 15 is 0 Å². The minimum Gasteiger partial charge on any atom is -0.389 e. The standard InChI is InChI=1S/C13H18O2/c1-10-5-4-6-11(2)12(10)9-13(3,15)7-8-14/h4-6,8,15H,7,9H2,1-3H3. The monoisotopic (exact) mass is 206 g/mol. The summed E-state index contributed by atoms with van der Waals surface area (Å²) in [6, 6.07) is 6.06. The molecular formula is C13H18O2. The van der Waals surface area contributed by atoms with Crippen LogP contribution >= 0.6 is 0 Å². The number of aryl methyl sites for hydroxylation is 2. The smallest absolute Gasteiger partial charge is 0.122 e. The second-order valence-corrected chi connectivity index (χ2v) is 4.41. The maximum Gasteiger partial charge on any atom is 0.122 e. The highest BCUT2D eigenvalue weighted by atomic mass is 16.3. The van der Waals surface area contributed by atoms with Gasteiger partial charge >= 0.3 is 0 Å². The Morgan fingerprint density at radius 2 is 1.87 bits per heavy atom. The van der Waals surface area contributed by atoms with Crippen molar-refractivity contribution in [2.75, 3.05) is 0 Å². The van der Waals surface area contributed by atoms with Crippen LogP contribution in [0.2, 0.25) is 0 Å². The number of aliphatic hydroxyl groups is 1. The lowest BCUT2D eigenvalue weighted by atomic mass is 9.89. The summed E-state index contributed by atoms with van der Waals surface area (Å²) in [5.41, 5.74) is 2.55. The molecule has 2 heteroatoms. The van der Waals surface area contributed by atoms with Gasteiger partial charge in [0.1, 0.15) is 6.29 Å². The van der Waals surface area contributed by atoms with Gasteiger partial charge in [-0.15, -0.1) is 0 Å². The minimum absolute atomic E-state index is 0.181. The van der Waals surface area contributed by atoms with Gasteiger partial charge in [0.15, 0.2) is 0 Å². The molecule has 0 saturated carbocycles. The average Bonchev–Trinajstić information content (AvgIpc) is 2.11. The number of aldehydes is 1. The molecule has 0 aliphatic rings. The predicted octanol–water partition coefficient (Wildman–Crippen LogP) is 2.19. The van der Waals surface area contributed by atoms with Gasteiger partial charge in [-0.3, -0.25) is 0 Å². The van der Waals surface area contributed by atoms with Crippen molar-refractivity contribution in [2.45, 2.75) is 39.2 Å². The zero-order chi connectivity index (χ0) is 11.5. The fourth-order valence-electron chi connectivity index (χ4n) is 1.76. The van der Waals surface area contributed by atoms with Crippen molar-refractivity contribution in [3.8, 4) is 0 Å². The Morgan fingerprint density at radius 1 is 1.33 bits per heavy atom. The fourth-order valence-corrected chi connectivity index (χ4v) is 1.76. The molecule has 1 aromatic rings. The van der Waals surface area contributed by atoms with E-state index in [1.165, 1.54) is 11.1 Å². The van der Waals surface area contributed by atoms with E-state index in [0.29, 0.717) is 6.42 Å². The topological polar surface area (TPSA) is 37.3 Å². The van der Waals surface area contributed by atoms with Crippen molar-refractivity contribution in [1.82, 2.24) is 0 Å². The summed E-state index contributed by atoms with van der Waals surface area (Å²) in [5, 5.41) is 9.99. The van der Waals surface area contributed by atoms with Crippen molar-refractivity contribution in [2.24, 2.45) is 0 Å². The van der Waals surface area contributed by atoms with Gasteiger partial charge in [-0.2, -0.15) is 0 Å². The molecule has 82 valence electrons. The number of rotatable bonds is 4. The molecule has 0 amide bonds. The summed E-state index contributed by atoms with van der Waals surface area (Å²) < 4.78 is 0. The van der Waals surface area contributed by atoms with Crippen molar-refractivity contribution < 1.29 is 9.90 Å². The van der Waals surface area contributed by atoms with E-state index in [4.69, 9.17) is 0 Å². The van der Waals surface area contributed by atoms with Crippen LogP contribution < -0.4 is 0 Å². The van der Waals surface area contributed by atoms with Crippen LogP contribution in [0, 0.1) is 13.8 Å². The molecule has 1 rings (SSSR count). The van der Waals surface area contributed by atoms with Crippen LogP contribution in [0.15, 0.2) is 18.2 Å². The molecule has 0 spiro atoms. The van der Waals surface area contributed by atoms with Gasteiger partial charge in [-0.1, -0.05) is 18.2 Å². The van der Waals surface area contributed by atoms with Crippen LogP contribution in [0.1, 0.15) is 30.0 Å². The van der Waals surface area contributed by atoms with E-state index in [-0.39, 0.29) is 6.42 Å². The van der Waals surface area contributed by atoms with Crippen LogP contribution in [0.5, 0.6) is 0 Å². The highest BCUT2D eigenvalue weighted by Gasteiger charge is 2.21. The first-order chi connectivity index (χ1) is 6.96. The van der Waals surface area contributed by atoms with Crippen molar-refractivity contribution >= 4 is 6.29 Å². The van der Waals surface area contributed by atoms with E-state index in [2.05, 4.69) is 0 Å². The van der Waals surface area contributed by atoms with Crippen LogP contribution in [-0.4, -0.2) is 17.0 Å². The average molecular weight is 206 g/mol. The van der Waals surface area contributed by atoms with Gasteiger partial charge in [0, 0.05) is 12.8 Å². The SMILES string of the molecule is Cc1cccc(C)c1CC(C)(O)CC=O. The van der Waals surface area contributed by atoms with Crippen molar-refractivity contribution in [3.63, 3.8) is 0 Å². The third-order valence-electron chi connectivity index (χ3n) is 2.73. The Morgan fingerprint density at radius 3 is 2.33 bits per heavy atom. The first kappa shape index (κ1) is 11.9. The van der Waals surface area contributed by atoms with E-state index in [1.807, 2.05) is 32.0 Å². The molecule has 0 bridgehead atoms. The third-order valence-corrected chi connectivity index (χ3v) is 2.73. The Labute approximate surface area is 90.9 Å². The third kappa shape index (κ3) is 3.17. The van der Waals surface area contributed by atoms with Gasteiger partial charge in [0.05, 0.1) is 5.60 Å².